The quantitative estimate of drug-likeness (QED) is 0.378. The van der Waals surface area contributed by atoms with Crippen LogP contribution in [0.3, 0.4) is 0 Å². The lowest BCUT2D eigenvalue weighted by molar-refractivity contribution is 0.301. The minimum Gasteiger partial charge on any atom is -0.494 e. The number of aryl methyl sites for hydroxylation is 4. The largest absolute Gasteiger partial charge is 0.494 e. The van der Waals surface area contributed by atoms with Gasteiger partial charge < -0.3 is 9.30 Å². The first-order valence-corrected chi connectivity index (χ1v) is 9.97. The molecule has 0 N–H and O–H groups in total. The first-order chi connectivity index (χ1) is 13.8. The van der Waals surface area contributed by atoms with Crippen LogP contribution >= 0.6 is 0 Å². The number of aromatic nitrogens is 2. The summed E-state index contributed by atoms with van der Waals surface area (Å²) in [5.74, 6) is 2.10. The predicted molar refractivity (Wildman–Crippen MR) is 115 cm³/mol. The van der Waals surface area contributed by atoms with Crippen LogP contribution in [-0.2, 0) is 19.4 Å². The third-order valence-corrected chi connectivity index (χ3v) is 5.00. The Morgan fingerprint density at radius 1 is 0.857 bits per heavy atom. The molecule has 0 fully saturated rings. The molecule has 4 rings (SSSR count). The number of para-hydroxylation sites is 2. The van der Waals surface area contributed by atoms with Gasteiger partial charge >= 0.3 is 0 Å². The fourth-order valence-corrected chi connectivity index (χ4v) is 3.58. The summed E-state index contributed by atoms with van der Waals surface area (Å²) in [7, 11) is 0. The first kappa shape index (κ1) is 18.3. The van der Waals surface area contributed by atoms with Gasteiger partial charge in [-0.25, -0.2) is 4.98 Å². The summed E-state index contributed by atoms with van der Waals surface area (Å²) in [5, 5.41) is 0. The van der Waals surface area contributed by atoms with Crippen LogP contribution in [0.4, 0.5) is 0 Å². The number of hydrogen-bond donors (Lipinski definition) is 0. The Morgan fingerprint density at radius 3 is 2.54 bits per heavy atom. The molecule has 4 aromatic rings. The molecule has 0 aliphatic carbocycles. The van der Waals surface area contributed by atoms with Gasteiger partial charge in [-0.15, -0.1) is 0 Å². The van der Waals surface area contributed by atoms with Crippen LogP contribution in [0.25, 0.3) is 11.0 Å². The highest BCUT2D eigenvalue weighted by atomic mass is 16.5. The normalized spacial score (nSPS) is 11.0. The molecule has 0 saturated carbocycles. The van der Waals surface area contributed by atoms with Gasteiger partial charge in [-0.05, 0) is 55.2 Å². The maximum absolute atomic E-state index is 5.93. The topological polar surface area (TPSA) is 27.1 Å². The molecule has 0 spiro atoms. The number of fused-ring (bicyclic) bond motifs is 1. The third kappa shape index (κ3) is 4.42. The summed E-state index contributed by atoms with van der Waals surface area (Å²) in [5.41, 5.74) is 4.86. The number of rotatable bonds is 8. The molecule has 28 heavy (non-hydrogen) atoms. The van der Waals surface area contributed by atoms with E-state index in [0.717, 1.165) is 42.9 Å². The summed E-state index contributed by atoms with van der Waals surface area (Å²) in [6, 6.07) is 27.3. The van der Waals surface area contributed by atoms with Crippen LogP contribution in [0.2, 0.25) is 0 Å². The van der Waals surface area contributed by atoms with E-state index in [1.807, 2.05) is 12.1 Å². The average molecular weight is 370 g/mol. The number of imidazole rings is 1. The number of hydrogen-bond acceptors (Lipinski definition) is 2. The lowest BCUT2D eigenvalue weighted by Gasteiger charge is -2.11. The van der Waals surface area contributed by atoms with Crippen molar-refractivity contribution in [3.05, 3.63) is 95.8 Å². The van der Waals surface area contributed by atoms with E-state index >= 15 is 0 Å². The van der Waals surface area contributed by atoms with Crippen molar-refractivity contribution < 1.29 is 4.74 Å². The Balaban J connectivity index is 1.44. The molecular formula is C25H26N2O. The van der Waals surface area contributed by atoms with E-state index < -0.39 is 0 Å². The number of nitrogens with zero attached hydrogens (tertiary/aromatic N) is 2. The van der Waals surface area contributed by atoms with Gasteiger partial charge in [0.25, 0.3) is 0 Å². The van der Waals surface area contributed by atoms with E-state index in [0.29, 0.717) is 6.61 Å². The molecule has 1 heterocycles. The Bertz CT molecular complexity index is 1040. The number of ether oxygens (including phenoxy) is 1. The molecule has 0 unspecified atom stereocenters. The lowest BCUT2D eigenvalue weighted by atomic mass is 10.1. The summed E-state index contributed by atoms with van der Waals surface area (Å²) >= 11 is 0. The highest BCUT2D eigenvalue weighted by Gasteiger charge is 2.10. The monoisotopic (exact) mass is 370 g/mol. The summed E-state index contributed by atoms with van der Waals surface area (Å²) in [4.78, 5) is 4.90. The van der Waals surface area contributed by atoms with E-state index in [1.165, 1.54) is 16.6 Å². The molecule has 1 aromatic heterocycles. The molecule has 3 nitrogen and oxygen atoms in total. The van der Waals surface area contributed by atoms with E-state index in [-0.39, 0.29) is 0 Å². The highest BCUT2D eigenvalue weighted by molar-refractivity contribution is 5.75. The van der Waals surface area contributed by atoms with Gasteiger partial charge in [-0.1, -0.05) is 54.6 Å². The van der Waals surface area contributed by atoms with Gasteiger partial charge in [-0.2, -0.15) is 0 Å². The van der Waals surface area contributed by atoms with Crippen molar-refractivity contribution in [2.75, 3.05) is 6.61 Å². The second-order valence-electron chi connectivity index (χ2n) is 7.17. The van der Waals surface area contributed by atoms with Crippen LogP contribution in [0.1, 0.15) is 23.4 Å². The zero-order chi connectivity index (χ0) is 19.2. The molecule has 142 valence electrons. The average Bonchev–Trinajstić information content (AvgIpc) is 3.08. The van der Waals surface area contributed by atoms with Gasteiger partial charge in [0, 0.05) is 13.0 Å². The van der Waals surface area contributed by atoms with Crippen LogP contribution in [0.15, 0.2) is 78.9 Å². The highest BCUT2D eigenvalue weighted by Crippen LogP contribution is 2.19. The minimum atomic E-state index is 0.702. The molecule has 0 aliphatic heterocycles. The smallest absolute Gasteiger partial charge is 0.119 e. The van der Waals surface area contributed by atoms with Crippen LogP contribution in [0, 0.1) is 6.92 Å². The zero-order valence-corrected chi connectivity index (χ0v) is 16.3. The Hall–Kier alpha value is -3.07. The van der Waals surface area contributed by atoms with Crippen molar-refractivity contribution in [2.45, 2.75) is 32.7 Å². The van der Waals surface area contributed by atoms with Crippen molar-refractivity contribution in [3.63, 3.8) is 0 Å². The van der Waals surface area contributed by atoms with Gasteiger partial charge in [-0.3, -0.25) is 0 Å². The number of benzene rings is 3. The second kappa shape index (κ2) is 8.75. The van der Waals surface area contributed by atoms with Crippen molar-refractivity contribution in [1.82, 2.24) is 9.55 Å². The Morgan fingerprint density at radius 2 is 1.68 bits per heavy atom. The van der Waals surface area contributed by atoms with E-state index in [2.05, 4.69) is 78.2 Å². The van der Waals surface area contributed by atoms with Crippen molar-refractivity contribution in [2.24, 2.45) is 0 Å². The lowest BCUT2D eigenvalue weighted by Crippen LogP contribution is -2.09. The Kier molecular flexibility index (Phi) is 5.72. The standard InChI is InChI=1S/C25H26N2O/c1-20-9-7-12-22(19-20)28-18-8-17-27-24-14-6-5-13-23(24)26-25(27)16-15-21-10-3-2-4-11-21/h2-7,9-14,19H,8,15-18H2,1H3. The van der Waals surface area contributed by atoms with Crippen molar-refractivity contribution in [1.29, 1.82) is 0 Å². The summed E-state index contributed by atoms with van der Waals surface area (Å²) < 4.78 is 8.29. The molecule has 0 aliphatic rings. The minimum absolute atomic E-state index is 0.702. The first-order valence-electron chi connectivity index (χ1n) is 9.97. The molecular weight excluding hydrogens is 344 g/mol. The van der Waals surface area contributed by atoms with Crippen LogP contribution < -0.4 is 4.74 Å². The molecule has 3 heteroatoms. The molecule has 0 saturated heterocycles. The van der Waals surface area contributed by atoms with E-state index in [4.69, 9.17) is 9.72 Å². The summed E-state index contributed by atoms with van der Waals surface area (Å²) in [6.07, 6.45) is 2.90. The maximum Gasteiger partial charge on any atom is 0.119 e. The van der Waals surface area contributed by atoms with Gasteiger partial charge in [0.05, 0.1) is 17.6 Å². The van der Waals surface area contributed by atoms with Crippen molar-refractivity contribution in [3.8, 4) is 5.75 Å². The van der Waals surface area contributed by atoms with Gasteiger partial charge in [0.2, 0.25) is 0 Å². The van der Waals surface area contributed by atoms with Crippen LogP contribution in [-0.4, -0.2) is 16.2 Å². The third-order valence-electron chi connectivity index (χ3n) is 5.00. The fraction of sp³-hybridized carbons (Fsp3) is 0.240. The van der Waals surface area contributed by atoms with Crippen LogP contribution in [0.5, 0.6) is 5.75 Å². The summed E-state index contributed by atoms with van der Waals surface area (Å²) in [6.45, 7) is 3.70. The molecule has 0 atom stereocenters. The molecule has 0 bridgehead atoms. The molecule has 0 radical (unpaired) electrons. The van der Waals surface area contributed by atoms with E-state index in [1.54, 1.807) is 0 Å². The van der Waals surface area contributed by atoms with E-state index in [9.17, 15) is 0 Å². The SMILES string of the molecule is Cc1cccc(OCCCn2c(CCc3ccccc3)nc3ccccc32)c1. The van der Waals surface area contributed by atoms with Crippen molar-refractivity contribution >= 4 is 11.0 Å². The molecule has 3 aromatic carbocycles. The second-order valence-corrected chi connectivity index (χ2v) is 7.17. The van der Waals surface area contributed by atoms with Gasteiger partial charge in [0.1, 0.15) is 11.6 Å². The molecule has 0 amide bonds. The Labute approximate surface area is 166 Å². The zero-order valence-electron chi connectivity index (χ0n) is 16.3. The van der Waals surface area contributed by atoms with Gasteiger partial charge in [0.15, 0.2) is 0 Å². The fourth-order valence-electron chi connectivity index (χ4n) is 3.58. The maximum atomic E-state index is 5.93. The predicted octanol–water partition coefficient (Wildman–Crippen LogP) is 5.60.